The fourth-order valence-electron chi connectivity index (χ4n) is 1.86. The molecule has 1 rings (SSSR count). The quantitative estimate of drug-likeness (QED) is 0.701. The predicted octanol–water partition coefficient (Wildman–Crippen LogP) is 1.63. The van der Waals surface area contributed by atoms with Crippen LogP contribution in [0.3, 0.4) is 0 Å². The van der Waals surface area contributed by atoms with Gasteiger partial charge in [0.25, 0.3) is 0 Å². The minimum Gasteiger partial charge on any atom is -0.381 e. The molecule has 0 heterocycles. The molecule has 0 bridgehead atoms. The number of primary amides is 1. The van der Waals surface area contributed by atoms with Crippen LogP contribution >= 0.6 is 0 Å². The maximum absolute atomic E-state index is 11.1. The lowest BCUT2D eigenvalue weighted by atomic mass is 10.1. The van der Waals surface area contributed by atoms with Gasteiger partial charge in [0.1, 0.15) is 0 Å². The van der Waals surface area contributed by atoms with Crippen LogP contribution in [0.2, 0.25) is 0 Å². The molecule has 0 aliphatic heterocycles. The largest absolute Gasteiger partial charge is 0.381 e. The lowest BCUT2D eigenvalue weighted by Gasteiger charge is -2.18. The molecule has 0 aliphatic rings. The van der Waals surface area contributed by atoms with Crippen molar-refractivity contribution in [1.29, 1.82) is 0 Å². The molecule has 0 saturated heterocycles. The number of carbonyl (C=O) groups excluding carboxylic acids is 1. The first kappa shape index (κ1) is 13.5. The van der Waals surface area contributed by atoms with Crippen LogP contribution in [-0.2, 0) is 0 Å². The second-order valence-corrected chi connectivity index (χ2v) is 4.26. The van der Waals surface area contributed by atoms with Gasteiger partial charge in [0.2, 0.25) is 5.91 Å². The monoisotopic (exact) mass is 235 g/mol. The smallest absolute Gasteiger partial charge is 0.248 e. The van der Waals surface area contributed by atoms with E-state index in [9.17, 15) is 4.79 Å². The Balaban J connectivity index is 2.79. The zero-order valence-electron chi connectivity index (χ0n) is 10.5. The van der Waals surface area contributed by atoms with Crippen molar-refractivity contribution in [2.45, 2.75) is 32.7 Å². The van der Waals surface area contributed by atoms with Gasteiger partial charge in [-0.25, -0.2) is 0 Å². The molecule has 0 saturated carbocycles. The molecule has 17 heavy (non-hydrogen) atoms. The Morgan fingerprint density at radius 3 is 2.65 bits per heavy atom. The Bertz CT molecular complexity index is 390. The summed E-state index contributed by atoms with van der Waals surface area (Å²) in [5.41, 5.74) is 13.4. The average Bonchev–Trinajstić information content (AvgIpc) is 2.28. The average molecular weight is 235 g/mol. The highest BCUT2D eigenvalue weighted by atomic mass is 16.1. The number of amides is 1. The van der Waals surface area contributed by atoms with E-state index in [0.717, 1.165) is 24.1 Å². The van der Waals surface area contributed by atoms with Gasteiger partial charge >= 0.3 is 0 Å². The van der Waals surface area contributed by atoms with Gasteiger partial charge in [-0.1, -0.05) is 13.3 Å². The van der Waals surface area contributed by atoms with Crippen molar-refractivity contribution in [1.82, 2.24) is 0 Å². The van der Waals surface area contributed by atoms with Gasteiger partial charge in [0.15, 0.2) is 0 Å². The van der Waals surface area contributed by atoms with Gasteiger partial charge < -0.3 is 16.8 Å². The van der Waals surface area contributed by atoms with E-state index in [4.69, 9.17) is 11.5 Å². The zero-order valence-corrected chi connectivity index (χ0v) is 10.5. The number of benzene rings is 1. The highest BCUT2D eigenvalue weighted by Crippen LogP contribution is 2.16. The summed E-state index contributed by atoms with van der Waals surface area (Å²) in [6, 6.07) is 5.82. The molecule has 0 radical (unpaired) electrons. The van der Waals surface area contributed by atoms with Gasteiger partial charge in [-0.3, -0.25) is 4.79 Å². The Labute approximate surface area is 102 Å². The van der Waals surface area contributed by atoms with Gasteiger partial charge in [-0.15, -0.1) is 0 Å². The van der Waals surface area contributed by atoms with Crippen molar-refractivity contribution >= 4 is 11.6 Å². The SMILES string of the molecule is CCCC(CN)Nc1ccc(C(N)=O)c(C)c1. The van der Waals surface area contributed by atoms with Crippen molar-refractivity contribution in [3.8, 4) is 0 Å². The minimum absolute atomic E-state index is 0.277. The number of nitrogens with one attached hydrogen (secondary N) is 1. The third-order valence-electron chi connectivity index (χ3n) is 2.78. The van der Waals surface area contributed by atoms with Crippen LogP contribution in [0.4, 0.5) is 5.69 Å². The molecule has 0 aliphatic carbocycles. The number of aryl methyl sites for hydroxylation is 1. The van der Waals surface area contributed by atoms with Crippen LogP contribution < -0.4 is 16.8 Å². The number of hydrogen-bond acceptors (Lipinski definition) is 3. The summed E-state index contributed by atoms with van der Waals surface area (Å²) in [6.07, 6.45) is 2.13. The van der Waals surface area contributed by atoms with E-state index >= 15 is 0 Å². The summed E-state index contributed by atoms with van der Waals surface area (Å²) in [5.74, 6) is -0.391. The summed E-state index contributed by atoms with van der Waals surface area (Å²) in [6.45, 7) is 4.61. The molecule has 4 heteroatoms. The van der Waals surface area contributed by atoms with Crippen molar-refractivity contribution in [3.05, 3.63) is 29.3 Å². The van der Waals surface area contributed by atoms with E-state index in [1.807, 2.05) is 19.1 Å². The van der Waals surface area contributed by atoms with Crippen molar-refractivity contribution in [2.75, 3.05) is 11.9 Å². The highest BCUT2D eigenvalue weighted by molar-refractivity contribution is 5.94. The summed E-state index contributed by atoms with van der Waals surface area (Å²) in [5, 5.41) is 3.36. The number of rotatable bonds is 6. The molecular formula is C13H21N3O. The third kappa shape index (κ3) is 3.75. The molecule has 1 aromatic carbocycles. The lowest BCUT2D eigenvalue weighted by Crippen LogP contribution is -2.28. The first-order valence-corrected chi connectivity index (χ1v) is 5.95. The Morgan fingerprint density at radius 2 is 2.18 bits per heavy atom. The van der Waals surface area contributed by atoms with Crippen LogP contribution in [0.5, 0.6) is 0 Å². The van der Waals surface area contributed by atoms with Crippen LogP contribution in [-0.4, -0.2) is 18.5 Å². The van der Waals surface area contributed by atoms with Crippen molar-refractivity contribution in [2.24, 2.45) is 11.5 Å². The zero-order chi connectivity index (χ0) is 12.8. The van der Waals surface area contributed by atoms with Crippen LogP contribution in [0.15, 0.2) is 18.2 Å². The number of hydrogen-bond donors (Lipinski definition) is 3. The molecule has 1 atom stereocenters. The Kier molecular flexibility index (Phi) is 4.97. The first-order chi connectivity index (χ1) is 8.08. The summed E-state index contributed by atoms with van der Waals surface area (Å²) in [7, 11) is 0. The minimum atomic E-state index is -0.391. The van der Waals surface area contributed by atoms with E-state index in [1.54, 1.807) is 6.07 Å². The molecule has 0 aromatic heterocycles. The topological polar surface area (TPSA) is 81.1 Å². The second-order valence-electron chi connectivity index (χ2n) is 4.26. The lowest BCUT2D eigenvalue weighted by molar-refractivity contribution is 0.1000. The fraction of sp³-hybridized carbons (Fsp3) is 0.462. The maximum Gasteiger partial charge on any atom is 0.248 e. The Morgan fingerprint density at radius 1 is 1.47 bits per heavy atom. The molecule has 5 N–H and O–H groups in total. The van der Waals surface area contributed by atoms with Gasteiger partial charge in [-0.05, 0) is 37.1 Å². The molecular weight excluding hydrogens is 214 g/mol. The van der Waals surface area contributed by atoms with Crippen LogP contribution in [0, 0.1) is 6.92 Å². The normalized spacial score (nSPS) is 12.2. The van der Waals surface area contributed by atoms with Crippen molar-refractivity contribution in [3.63, 3.8) is 0 Å². The third-order valence-corrected chi connectivity index (χ3v) is 2.78. The summed E-state index contributed by atoms with van der Waals surface area (Å²) >= 11 is 0. The van der Waals surface area contributed by atoms with Gasteiger partial charge in [-0.2, -0.15) is 0 Å². The molecule has 94 valence electrons. The van der Waals surface area contributed by atoms with E-state index in [1.165, 1.54) is 0 Å². The highest BCUT2D eigenvalue weighted by Gasteiger charge is 2.08. The van der Waals surface area contributed by atoms with Crippen molar-refractivity contribution < 1.29 is 4.79 Å². The number of anilines is 1. The van der Waals surface area contributed by atoms with Gasteiger partial charge in [0, 0.05) is 23.8 Å². The number of carbonyl (C=O) groups is 1. The van der Waals surface area contributed by atoms with E-state index in [-0.39, 0.29) is 6.04 Å². The summed E-state index contributed by atoms with van der Waals surface area (Å²) in [4.78, 5) is 11.1. The van der Waals surface area contributed by atoms with Crippen LogP contribution in [0.1, 0.15) is 35.7 Å². The maximum atomic E-state index is 11.1. The standard InChI is InChI=1S/C13H21N3O/c1-3-4-11(8-14)16-10-5-6-12(13(15)17)9(2)7-10/h5-7,11,16H,3-4,8,14H2,1-2H3,(H2,15,17). The summed E-state index contributed by atoms with van der Waals surface area (Å²) < 4.78 is 0. The van der Waals surface area contributed by atoms with E-state index in [0.29, 0.717) is 12.1 Å². The number of nitrogens with two attached hydrogens (primary N) is 2. The molecule has 0 fully saturated rings. The van der Waals surface area contributed by atoms with Crippen LogP contribution in [0.25, 0.3) is 0 Å². The predicted molar refractivity (Wildman–Crippen MR) is 71.1 cm³/mol. The molecule has 4 nitrogen and oxygen atoms in total. The molecule has 1 unspecified atom stereocenters. The fourth-order valence-corrected chi connectivity index (χ4v) is 1.86. The van der Waals surface area contributed by atoms with E-state index in [2.05, 4.69) is 12.2 Å². The molecule has 1 aromatic rings. The van der Waals surface area contributed by atoms with E-state index < -0.39 is 5.91 Å². The molecule has 1 amide bonds. The second kappa shape index (κ2) is 6.25. The molecule has 0 spiro atoms. The first-order valence-electron chi connectivity index (χ1n) is 5.95. The van der Waals surface area contributed by atoms with Gasteiger partial charge in [0.05, 0.1) is 0 Å². The Hall–Kier alpha value is -1.55.